The maximum atomic E-state index is 12.2. The van der Waals surface area contributed by atoms with Crippen LogP contribution < -0.4 is 5.32 Å². The molecule has 0 saturated heterocycles. The number of carbonyl (C=O) groups excluding carboxylic acids is 1. The van der Waals surface area contributed by atoms with Crippen molar-refractivity contribution in [1.29, 1.82) is 0 Å². The van der Waals surface area contributed by atoms with E-state index in [0.29, 0.717) is 4.47 Å². The minimum Gasteiger partial charge on any atom is -0.349 e. The van der Waals surface area contributed by atoms with Crippen LogP contribution in [0.3, 0.4) is 0 Å². The first-order chi connectivity index (χ1) is 9.36. The van der Waals surface area contributed by atoms with Crippen LogP contribution in [0.15, 0.2) is 39.7 Å². The lowest BCUT2D eigenvalue weighted by molar-refractivity contribution is 0.0934. The van der Waals surface area contributed by atoms with Crippen LogP contribution in [0.25, 0.3) is 0 Å². The molecule has 0 radical (unpaired) electrons. The average Bonchev–Trinajstić information content (AvgIpc) is 2.38. The normalized spacial score (nSPS) is 18.8. The molecule has 2 rings (SSSR count). The summed E-state index contributed by atoms with van der Waals surface area (Å²) in [6.07, 6.45) is 6.73. The van der Waals surface area contributed by atoms with Crippen molar-refractivity contribution < 1.29 is 13.2 Å². The van der Waals surface area contributed by atoms with Gasteiger partial charge in [-0.1, -0.05) is 28.1 Å². The number of rotatable bonds is 3. The Bertz CT molecular complexity index is 658. The van der Waals surface area contributed by atoms with Gasteiger partial charge in [0.05, 0.1) is 4.90 Å². The van der Waals surface area contributed by atoms with Crippen LogP contribution in [0, 0.1) is 0 Å². The Balaban J connectivity index is 2.21. The molecular formula is C13H13BrClNO3S. The lowest BCUT2D eigenvalue weighted by Crippen LogP contribution is -2.35. The van der Waals surface area contributed by atoms with Crippen molar-refractivity contribution in [3.05, 3.63) is 40.4 Å². The van der Waals surface area contributed by atoms with Gasteiger partial charge in [-0.3, -0.25) is 4.79 Å². The summed E-state index contributed by atoms with van der Waals surface area (Å²) in [5, 5.41) is 2.89. The topological polar surface area (TPSA) is 63.2 Å². The third kappa shape index (κ3) is 4.07. The van der Waals surface area contributed by atoms with Gasteiger partial charge in [-0.2, -0.15) is 0 Å². The monoisotopic (exact) mass is 377 g/mol. The number of hydrogen-bond donors (Lipinski definition) is 1. The Morgan fingerprint density at radius 2 is 2.05 bits per heavy atom. The Morgan fingerprint density at radius 3 is 2.65 bits per heavy atom. The van der Waals surface area contributed by atoms with Crippen LogP contribution >= 0.6 is 26.6 Å². The van der Waals surface area contributed by atoms with Crippen molar-refractivity contribution in [2.75, 3.05) is 0 Å². The molecule has 0 aliphatic heterocycles. The second-order valence-electron chi connectivity index (χ2n) is 4.57. The van der Waals surface area contributed by atoms with E-state index in [1.165, 1.54) is 12.1 Å². The highest BCUT2D eigenvalue weighted by Gasteiger charge is 2.18. The molecule has 0 aromatic heterocycles. The Labute approximate surface area is 130 Å². The zero-order chi connectivity index (χ0) is 14.8. The number of carbonyl (C=O) groups is 1. The van der Waals surface area contributed by atoms with E-state index >= 15 is 0 Å². The molecule has 0 fully saturated rings. The van der Waals surface area contributed by atoms with E-state index in [0.717, 1.165) is 19.3 Å². The lowest BCUT2D eigenvalue weighted by Gasteiger charge is -2.19. The summed E-state index contributed by atoms with van der Waals surface area (Å²) in [5.74, 6) is -0.298. The van der Waals surface area contributed by atoms with Crippen molar-refractivity contribution in [3.63, 3.8) is 0 Å². The molecule has 7 heteroatoms. The number of nitrogens with one attached hydrogen (secondary N) is 1. The summed E-state index contributed by atoms with van der Waals surface area (Å²) in [7, 11) is 1.45. The van der Waals surface area contributed by atoms with Crippen LogP contribution in [0.5, 0.6) is 0 Å². The van der Waals surface area contributed by atoms with Crippen molar-refractivity contribution in [3.8, 4) is 0 Å². The summed E-state index contributed by atoms with van der Waals surface area (Å²) in [4.78, 5) is 12.1. The standard InChI is InChI=1S/C13H13BrClNO3S/c14-10-6-9(7-12(8-10)20(15,18)19)13(17)16-11-4-2-1-3-5-11/h1-2,6-8,11H,3-5H2,(H,16,17). The first-order valence-electron chi connectivity index (χ1n) is 6.07. The minimum atomic E-state index is -3.86. The SMILES string of the molecule is O=C(NC1CC=CCC1)c1cc(Br)cc(S(=O)(=O)Cl)c1. The zero-order valence-corrected chi connectivity index (χ0v) is 13.6. The molecule has 0 bridgehead atoms. The van der Waals surface area contributed by atoms with Gasteiger partial charge in [-0.25, -0.2) is 8.42 Å². The Kier molecular flexibility index (Phi) is 4.88. The van der Waals surface area contributed by atoms with E-state index in [9.17, 15) is 13.2 Å². The highest BCUT2D eigenvalue weighted by molar-refractivity contribution is 9.10. The van der Waals surface area contributed by atoms with Gasteiger partial charge in [0.1, 0.15) is 0 Å². The molecule has 1 aromatic carbocycles. The molecule has 1 N–H and O–H groups in total. The molecule has 20 heavy (non-hydrogen) atoms. The van der Waals surface area contributed by atoms with Gasteiger partial charge in [-0.15, -0.1) is 0 Å². The maximum absolute atomic E-state index is 12.2. The largest absolute Gasteiger partial charge is 0.349 e. The van der Waals surface area contributed by atoms with Crippen LogP contribution in [-0.4, -0.2) is 20.4 Å². The molecule has 1 unspecified atom stereocenters. The zero-order valence-electron chi connectivity index (χ0n) is 10.5. The number of allylic oxidation sites excluding steroid dienone is 1. The molecule has 1 aromatic rings. The molecular weight excluding hydrogens is 366 g/mol. The molecule has 1 aliphatic rings. The van der Waals surface area contributed by atoms with Gasteiger partial charge in [0.25, 0.3) is 15.0 Å². The second kappa shape index (κ2) is 6.28. The van der Waals surface area contributed by atoms with E-state index in [2.05, 4.69) is 27.3 Å². The van der Waals surface area contributed by atoms with Gasteiger partial charge >= 0.3 is 0 Å². The van der Waals surface area contributed by atoms with E-state index in [1.807, 2.05) is 6.08 Å². The third-order valence-electron chi connectivity index (χ3n) is 3.02. The van der Waals surface area contributed by atoms with Crippen molar-refractivity contribution in [2.45, 2.75) is 30.2 Å². The average molecular weight is 379 g/mol. The highest BCUT2D eigenvalue weighted by atomic mass is 79.9. The lowest BCUT2D eigenvalue weighted by atomic mass is 10.0. The number of hydrogen-bond acceptors (Lipinski definition) is 3. The first-order valence-corrected chi connectivity index (χ1v) is 9.17. The van der Waals surface area contributed by atoms with Crippen molar-refractivity contribution in [1.82, 2.24) is 5.32 Å². The third-order valence-corrected chi connectivity index (χ3v) is 4.81. The quantitative estimate of drug-likeness (QED) is 0.649. The fourth-order valence-corrected chi connectivity index (χ4v) is 3.48. The van der Waals surface area contributed by atoms with Crippen molar-refractivity contribution in [2.24, 2.45) is 0 Å². The molecule has 1 amide bonds. The number of amides is 1. The number of halogens is 2. The summed E-state index contributed by atoms with van der Waals surface area (Å²) in [6, 6.07) is 4.30. The van der Waals surface area contributed by atoms with Crippen LogP contribution in [0.2, 0.25) is 0 Å². The number of benzene rings is 1. The molecule has 108 valence electrons. The minimum absolute atomic E-state index is 0.0857. The maximum Gasteiger partial charge on any atom is 0.261 e. The van der Waals surface area contributed by atoms with Crippen LogP contribution in [0.1, 0.15) is 29.6 Å². The summed E-state index contributed by atoms with van der Waals surface area (Å²) < 4.78 is 23.2. The van der Waals surface area contributed by atoms with Crippen LogP contribution in [-0.2, 0) is 9.05 Å². The predicted molar refractivity (Wildman–Crippen MR) is 81.4 cm³/mol. The molecule has 0 spiro atoms. The van der Waals surface area contributed by atoms with E-state index < -0.39 is 9.05 Å². The van der Waals surface area contributed by atoms with Crippen LogP contribution in [0.4, 0.5) is 0 Å². The fraction of sp³-hybridized carbons (Fsp3) is 0.308. The first kappa shape index (κ1) is 15.5. The van der Waals surface area contributed by atoms with Crippen molar-refractivity contribution >= 4 is 41.6 Å². The molecule has 0 heterocycles. The van der Waals surface area contributed by atoms with Gasteiger partial charge in [0.15, 0.2) is 0 Å². The molecule has 1 aliphatic carbocycles. The fourth-order valence-electron chi connectivity index (χ4n) is 2.03. The molecule has 4 nitrogen and oxygen atoms in total. The Hall–Kier alpha value is -0.850. The second-order valence-corrected chi connectivity index (χ2v) is 8.05. The summed E-state index contributed by atoms with van der Waals surface area (Å²) in [6.45, 7) is 0. The predicted octanol–water partition coefficient (Wildman–Crippen LogP) is 3.22. The summed E-state index contributed by atoms with van der Waals surface area (Å²) in [5.41, 5.74) is 0.271. The van der Waals surface area contributed by atoms with Gasteiger partial charge in [0.2, 0.25) is 0 Å². The van der Waals surface area contributed by atoms with E-state index in [1.54, 1.807) is 6.07 Å². The van der Waals surface area contributed by atoms with E-state index in [-0.39, 0.29) is 22.4 Å². The van der Waals surface area contributed by atoms with Gasteiger partial charge in [-0.05, 0) is 37.5 Å². The molecule has 1 atom stereocenters. The molecule has 0 saturated carbocycles. The van der Waals surface area contributed by atoms with Gasteiger partial charge < -0.3 is 5.32 Å². The summed E-state index contributed by atoms with van der Waals surface area (Å²) >= 11 is 3.18. The highest BCUT2D eigenvalue weighted by Crippen LogP contribution is 2.23. The van der Waals surface area contributed by atoms with Gasteiger partial charge in [0, 0.05) is 26.8 Å². The van der Waals surface area contributed by atoms with E-state index in [4.69, 9.17) is 10.7 Å². The Morgan fingerprint density at radius 1 is 1.30 bits per heavy atom. The smallest absolute Gasteiger partial charge is 0.261 e.